The van der Waals surface area contributed by atoms with Crippen LogP contribution in [0.15, 0.2) is 24.3 Å². The molecule has 0 aliphatic rings. The average molecular weight is 768 g/mol. The molecule has 1 aromatic carbocycles. The molecule has 0 aliphatic carbocycles. The first-order valence-corrected chi connectivity index (χ1v) is 19.4. The van der Waals surface area contributed by atoms with Gasteiger partial charge in [-0.3, -0.25) is 19.3 Å². The van der Waals surface area contributed by atoms with Crippen molar-refractivity contribution in [2.45, 2.75) is 51.2 Å². The Hall–Kier alpha value is -2.36. The number of ether oxygens (including phenoxy) is 3. The number of rotatable bonds is 30. The summed E-state index contributed by atoms with van der Waals surface area (Å²) < 4.78 is 21.9. The summed E-state index contributed by atoms with van der Waals surface area (Å²) in [5.74, 6) is 14.2. The molecule has 18 nitrogen and oxygen atoms in total. The third kappa shape index (κ3) is 21.7. The van der Waals surface area contributed by atoms with Crippen LogP contribution < -0.4 is 38.2 Å². The van der Waals surface area contributed by atoms with Gasteiger partial charge in [0, 0.05) is 31.4 Å². The van der Waals surface area contributed by atoms with Gasteiger partial charge in [0.2, 0.25) is 24.2 Å². The lowest BCUT2D eigenvalue weighted by atomic mass is 10.0. The Balaban J connectivity index is 3.14. The summed E-state index contributed by atoms with van der Waals surface area (Å²) in [4.78, 5) is 65.6. The molecule has 0 aromatic heterocycles. The van der Waals surface area contributed by atoms with Gasteiger partial charge < -0.3 is 54.1 Å². The van der Waals surface area contributed by atoms with Crippen molar-refractivity contribution in [3.63, 3.8) is 0 Å². The minimum absolute atomic E-state index is 0.132. The molecule has 1 aromatic rings. The highest BCUT2D eigenvalue weighted by Crippen LogP contribution is 2.54. The molecule has 0 heterocycles. The summed E-state index contributed by atoms with van der Waals surface area (Å²) in [6, 6.07) is 5.85. The van der Waals surface area contributed by atoms with Crippen molar-refractivity contribution in [3.8, 4) is 5.75 Å². The molecule has 0 fully saturated rings. The van der Waals surface area contributed by atoms with Crippen molar-refractivity contribution < 1.29 is 52.5 Å². The maximum atomic E-state index is 13.7. The van der Waals surface area contributed by atoms with E-state index in [1.165, 1.54) is 4.90 Å². The number of hydrogen-bond acceptors (Lipinski definition) is 15. The van der Waals surface area contributed by atoms with Gasteiger partial charge in [0.25, 0.3) is 0 Å². The zero-order valence-corrected chi connectivity index (χ0v) is 31.7. The van der Waals surface area contributed by atoms with Crippen molar-refractivity contribution in [2.75, 3.05) is 92.2 Å². The number of nitrogens with one attached hydrogen (secondary N) is 3. The van der Waals surface area contributed by atoms with Crippen LogP contribution >= 0.6 is 6.49 Å². The third-order valence-corrected chi connectivity index (χ3v) is 11.1. The van der Waals surface area contributed by atoms with E-state index in [-0.39, 0.29) is 84.8 Å². The number of amides is 3. The van der Waals surface area contributed by atoms with Crippen molar-refractivity contribution >= 4 is 36.0 Å². The van der Waals surface area contributed by atoms with Gasteiger partial charge in [-0.1, -0.05) is 32.9 Å². The summed E-state index contributed by atoms with van der Waals surface area (Å²) in [6.07, 6.45) is 1.48. The summed E-state index contributed by atoms with van der Waals surface area (Å²) in [7, 11) is 0. The van der Waals surface area contributed by atoms with E-state index in [4.69, 9.17) is 48.2 Å². The van der Waals surface area contributed by atoms with Crippen LogP contribution in [-0.4, -0.2) is 131 Å². The summed E-state index contributed by atoms with van der Waals surface area (Å²) in [5, 5.41) is 7.81. The van der Waals surface area contributed by atoms with Gasteiger partial charge in [-0.05, 0) is 48.8 Å². The van der Waals surface area contributed by atoms with Gasteiger partial charge in [0.15, 0.2) is 0 Å². The van der Waals surface area contributed by atoms with E-state index in [1.54, 1.807) is 24.3 Å². The molecule has 10 N–H and O–H groups in total. The van der Waals surface area contributed by atoms with Gasteiger partial charge >= 0.3 is 0 Å². The summed E-state index contributed by atoms with van der Waals surface area (Å²) in [6.45, 7) is 4.91. The molecule has 0 aliphatic heterocycles. The lowest BCUT2D eigenvalue weighted by molar-refractivity contribution is -0.131. The minimum Gasteiger partial charge on any atom is -0.443 e. The monoisotopic (exact) mass is 767 g/mol. The Labute approximate surface area is 305 Å². The highest BCUT2D eigenvalue weighted by molar-refractivity contribution is 8.10. The van der Waals surface area contributed by atoms with E-state index in [2.05, 4.69) is 30.5 Å². The molecule has 0 spiro atoms. The van der Waals surface area contributed by atoms with Crippen molar-refractivity contribution in [1.82, 2.24) is 20.9 Å². The quantitative estimate of drug-likeness (QED) is 0.0288. The molecule has 1 rings (SSSR count). The van der Waals surface area contributed by atoms with Crippen LogP contribution in [0.1, 0.15) is 39.2 Å². The molecule has 51 heavy (non-hydrogen) atoms. The van der Waals surface area contributed by atoms with Crippen LogP contribution in [-0.2, 0) is 61.3 Å². The lowest BCUT2D eigenvalue weighted by Crippen LogP contribution is -2.54. The van der Waals surface area contributed by atoms with Gasteiger partial charge in [-0.2, -0.15) is 0 Å². The van der Waals surface area contributed by atoms with Crippen LogP contribution in [0.3, 0.4) is 0 Å². The molecular weight excluding hydrogens is 709 g/mol. The number of nitrogens with zero attached hydrogens (tertiary/aromatic N) is 1. The second kappa shape index (κ2) is 27.3. The first-order chi connectivity index (χ1) is 24.3. The molecule has 2 unspecified atom stereocenters. The topological polar surface area (TPSA) is 253 Å². The number of unbranched alkanes of at least 4 members (excludes halogenated alkanes) is 1. The second-order valence-electron chi connectivity index (χ2n) is 12.2. The van der Waals surface area contributed by atoms with Crippen molar-refractivity contribution in [3.05, 3.63) is 29.8 Å². The Morgan fingerprint density at radius 1 is 0.745 bits per heavy atom. The molecule has 0 bridgehead atoms. The Bertz CT molecular complexity index is 1170. The highest BCUT2D eigenvalue weighted by atomic mass is 32.5. The van der Waals surface area contributed by atoms with Crippen LogP contribution in [0.2, 0.25) is 0 Å². The fourth-order valence-corrected chi connectivity index (χ4v) is 5.08. The largest absolute Gasteiger partial charge is 0.443 e. The molecule has 0 radical (unpaired) electrons. The SMILES string of the molecule is CC(C)(C)P(O)(=S)Oc1ccc(CC(C(=O)NCCOCCON)N(CC(=O)NCCCCOCCON)CC(=O)NCCOCCON)cc1. The highest BCUT2D eigenvalue weighted by Gasteiger charge is 2.33. The van der Waals surface area contributed by atoms with Crippen molar-refractivity contribution in [2.24, 2.45) is 17.7 Å². The summed E-state index contributed by atoms with van der Waals surface area (Å²) in [5.41, 5.74) is 0.710. The third-order valence-electron chi connectivity index (χ3n) is 7.05. The number of carbonyl (C=O) groups is 3. The van der Waals surface area contributed by atoms with Gasteiger partial charge in [-0.15, -0.1) is 0 Å². The first-order valence-electron chi connectivity index (χ1n) is 16.7. The zero-order chi connectivity index (χ0) is 38.0. The lowest BCUT2D eigenvalue weighted by Gasteiger charge is -2.30. The van der Waals surface area contributed by atoms with E-state index < -0.39 is 29.5 Å². The van der Waals surface area contributed by atoms with E-state index in [0.717, 1.165) is 0 Å². The van der Waals surface area contributed by atoms with E-state index in [1.807, 2.05) is 20.8 Å². The Kier molecular flexibility index (Phi) is 25.0. The molecule has 20 heteroatoms. The number of carbonyl (C=O) groups excluding carboxylic acids is 3. The first kappa shape index (κ1) is 46.7. The fraction of sp³-hybridized carbons (Fsp3) is 0.710. The maximum Gasteiger partial charge on any atom is 0.240 e. The van der Waals surface area contributed by atoms with Crippen molar-refractivity contribution in [1.29, 1.82) is 0 Å². The van der Waals surface area contributed by atoms with Crippen LogP contribution in [0, 0.1) is 0 Å². The maximum absolute atomic E-state index is 13.7. The van der Waals surface area contributed by atoms with Gasteiger partial charge in [0.1, 0.15) is 5.75 Å². The molecule has 3 amide bonds. The molecule has 294 valence electrons. The zero-order valence-electron chi connectivity index (χ0n) is 30.0. The Morgan fingerprint density at radius 2 is 1.24 bits per heavy atom. The van der Waals surface area contributed by atoms with E-state index >= 15 is 0 Å². The molecular formula is C31H58N7O11PS. The van der Waals surface area contributed by atoms with Gasteiger partial charge in [0.05, 0.1) is 72.0 Å². The minimum atomic E-state index is -3.16. The normalized spacial score (nSPS) is 13.4. The molecule has 2 atom stereocenters. The van der Waals surface area contributed by atoms with Crippen LogP contribution in [0.25, 0.3) is 0 Å². The smallest absolute Gasteiger partial charge is 0.240 e. The standard InChI is InChI=1S/C31H58N7O11PS/c1-31(2,3)50(42,51)49-26-8-6-25(7-9-26)22-27(30(41)37-12-15-45-18-21-48-34)38(24-29(40)36-11-14-44-17-20-47-33)23-28(39)35-10-4-5-13-43-16-19-46-32/h6-9,27H,4-5,10-24,32-34H2,1-3H3,(H,35,39)(H,36,40)(H,37,41)(H,42,51). The molecule has 0 saturated heterocycles. The van der Waals surface area contributed by atoms with Crippen LogP contribution in [0.5, 0.6) is 5.75 Å². The second-order valence-corrected chi connectivity index (χ2v) is 16.2. The van der Waals surface area contributed by atoms with E-state index in [9.17, 15) is 19.3 Å². The van der Waals surface area contributed by atoms with Gasteiger partial charge in [-0.25, -0.2) is 17.7 Å². The predicted molar refractivity (Wildman–Crippen MR) is 194 cm³/mol. The van der Waals surface area contributed by atoms with E-state index in [0.29, 0.717) is 43.9 Å². The average Bonchev–Trinajstić information content (AvgIpc) is 3.07. The predicted octanol–water partition coefficient (Wildman–Crippen LogP) is -0.772. The number of hydrogen-bond donors (Lipinski definition) is 7. The Morgan fingerprint density at radius 3 is 1.75 bits per heavy atom. The summed E-state index contributed by atoms with van der Waals surface area (Å²) >= 11 is 5.36. The molecule has 0 saturated carbocycles. The number of nitrogens with two attached hydrogens (primary N) is 3. The number of benzene rings is 1. The van der Waals surface area contributed by atoms with Crippen LogP contribution in [0.4, 0.5) is 0 Å². The fourth-order valence-electron chi connectivity index (χ4n) is 4.15.